The number of nitro groups is 1. The summed E-state index contributed by atoms with van der Waals surface area (Å²) in [5, 5.41) is 24.1. The van der Waals surface area contributed by atoms with Crippen molar-refractivity contribution < 1.29 is 14.5 Å². The van der Waals surface area contributed by atoms with E-state index in [-0.39, 0.29) is 29.1 Å². The van der Waals surface area contributed by atoms with Gasteiger partial charge >= 0.3 is 0 Å². The average molecular weight is 386 g/mol. The Hall–Kier alpha value is -3.27. The molecule has 3 atom stereocenters. The number of hydrogen-bond acceptors (Lipinski definition) is 6. The lowest BCUT2D eigenvalue weighted by molar-refractivity contribution is -0.384. The highest BCUT2D eigenvalue weighted by atomic mass is 16.6. The van der Waals surface area contributed by atoms with Gasteiger partial charge in [-0.05, 0) is 26.3 Å². The molecule has 10 nitrogen and oxygen atoms in total. The number of non-ortho nitro benzene ring substituents is 1. The van der Waals surface area contributed by atoms with Gasteiger partial charge in [-0.15, -0.1) is 0 Å². The zero-order chi connectivity index (χ0) is 20.4. The number of nitro benzene ring substituents is 1. The first-order chi connectivity index (χ1) is 13.3. The van der Waals surface area contributed by atoms with Crippen molar-refractivity contribution in [2.75, 3.05) is 5.32 Å². The third-order valence-electron chi connectivity index (χ3n) is 4.74. The summed E-state index contributed by atoms with van der Waals surface area (Å²) in [5.74, 6) is -0.362. The van der Waals surface area contributed by atoms with Gasteiger partial charge in [0.1, 0.15) is 5.82 Å². The van der Waals surface area contributed by atoms with Gasteiger partial charge in [0.2, 0.25) is 5.91 Å². The van der Waals surface area contributed by atoms with Crippen LogP contribution < -0.4 is 16.0 Å². The summed E-state index contributed by atoms with van der Waals surface area (Å²) >= 11 is 0. The van der Waals surface area contributed by atoms with Crippen molar-refractivity contribution >= 4 is 23.3 Å². The Bertz CT molecular complexity index is 925. The first-order valence-corrected chi connectivity index (χ1v) is 8.98. The van der Waals surface area contributed by atoms with E-state index >= 15 is 0 Å². The number of carbonyl (C=O) groups excluding carboxylic acids is 2. The molecule has 0 spiro atoms. The third-order valence-corrected chi connectivity index (χ3v) is 4.74. The number of benzene rings is 1. The first-order valence-electron chi connectivity index (χ1n) is 8.98. The quantitative estimate of drug-likeness (QED) is 0.532. The lowest BCUT2D eigenvalue weighted by Crippen LogP contribution is -2.57. The molecule has 3 N–H and O–H groups in total. The van der Waals surface area contributed by atoms with E-state index in [1.807, 2.05) is 13.8 Å². The molecule has 3 unspecified atom stereocenters. The molecule has 3 rings (SSSR count). The minimum Gasteiger partial charge on any atom is -0.322 e. The molecule has 0 aliphatic carbocycles. The molecule has 2 aromatic rings. The van der Waals surface area contributed by atoms with Crippen molar-refractivity contribution in [1.29, 1.82) is 0 Å². The van der Waals surface area contributed by atoms with E-state index in [1.165, 1.54) is 28.9 Å². The van der Waals surface area contributed by atoms with E-state index in [9.17, 15) is 19.7 Å². The van der Waals surface area contributed by atoms with Crippen LogP contribution in [-0.4, -0.2) is 32.6 Å². The molecule has 28 heavy (non-hydrogen) atoms. The van der Waals surface area contributed by atoms with Gasteiger partial charge in [0.25, 0.3) is 11.6 Å². The molecule has 0 saturated carbocycles. The SMILES string of the molecule is CCC1C(=O)NC(n2nc(C)cc2NC(=O)c2cccc([N+](=O)[O-])c2)NC1C. The first kappa shape index (κ1) is 19.5. The minimum absolute atomic E-state index is 0.0615. The topological polar surface area (TPSA) is 131 Å². The molecule has 1 fully saturated rings. The molecule has 2 heterocycles. The lowest BCUT2D eigenvalue weighted by atomic mass is 9.95. The Morgan fingerprint density at radius 2 is 2.14 bits per heavy atom. The molecule has 1 aliphatic heterocycles. The van der Waals surface area contributed by atoms with Crippen LogP contribution >= 0.6 is 0 Å². The largest absolute Gasteiger partial charge is 0.322 e. The Labute approximate surface area is 161 Å². The monoisotopic (exact) mass is 386 g/mol. The minimum atomic E-state index is -0.612. The molecular weight excluding hydrogens is 364 g/mol. The van der Waals surface area contributed by atoms with Gasteiger partial charge < -0.3 is 10.6 Å². The number of amides is 2. The van der Waals surface area contributed by atoms with Gasteiger partial charge in [-0.25, -0.2) is 4.68 Å². The maximum atomic E-state index is 12.6. The number of nitrogens with zero attached hydrogens (tertiary/aromatic N) is 3. The molecule has 148 valence electrons. The summed E-state index contributed by atoms with van der Waals surface area (Å²) in [5.41, 5.74) is 0.633. The van der Waals surface area contributed by atoms with E-state index in [4.69, 9.17) is 0 Å². The van der Waals surface area contributed by atoms with E-state index in [0.717, 1.165) is 0 Å². The smallest absolute Gasteiger partial charge is 0.270 e. The number of nitrogens with one attached hydrogen (secondary N) is 3. The standard InChI is InChI=1S/C18H22N6O4/c1-4-14-11(3)19-18(21-17(14)26)23-15(8-10(2)22-23)20-16(25)12-6-5-7-13(9-12)24(27)28/h5-9,11,14,18-19H,4H2,1-3H3,(H,20,25)(H,21,26). The van der Waals surface area contributed by atoms with Gasteiger partial charge in [0, 0.05) is 29.8 Å². The summed E-state index contributed by atoms with van der Waals surface area (Å²) in [6, 6.07) is 7.07. The summed E-state index contributed by atoms with van der Waals surface area (Å²) < 4.78 is 1.49. The molecule has 10 heteroatoms. The fourth-order valence-corrected chi connectivity index (χ4v) is 3.30. The van der Waals surface area contributed by atoms with Crippen LogP contribution in [0.15, 0.2) is 30.3 Å². The number of rotatable bonds is 5. The van der Waals surface area contributed by atoms with E-state index < -0.39 is 17.1 Å². The second-order valence-electron chi connectivity index (χ2n) is 6.76. The molecular formula is C18H22N6O4. The molecule has 1 aromatic heterocycles. The van der Waals surface area contributed by atoms with Crippen molar-refractivity contribution in [3.8, 4) is 0 Å². The average Bonchev–Trinajstić information content (AvgIpc) is 3.01. The molecule has 1 saturated heterocycles. The van der Waals surface area contributed by atoms with Gasteiger partial charge in [-0.1, -0.05) is 13.0 Å². The van der Waals surface area contributed by atoms with Crippen molar-refractivity contribution in [3.05, 3.63) is 51.7 Å². The van der Waals surface area contributed by atoms with Crippen LogP contribution in [0.3, 0.4) is 0 Å². The second kappa shape index (κ2) is 7.77. The molecule has 1 aliphatic rings. The molecule has 0 bridgehead atoms. The van der Waals surface area contributed by atoms with Crippen LogP contribution in [0, 0.1) is 23.0 Å². The zero-order valence-corrected chi connectivity index (χ0v) is 15.8. The predicted molar refractivity (Wildman–Crippen MR) is 102 cm³/mol. The number of aryl methyl sites for hydroxylation is 1. The van der Waals surface area contributed by atoms with E-state index in [1.54, 1.807) is 13.0 Å². The maximum absolute atomic E-state index is 12.6. The lowest BCUT2D eigenvalue weighted by Gasteiger charge is -2.35. The Morgan fingerprint density at radius 1 is 1.39 bits per heavy atom. The molecule has 0 radical (unpaired) electrons. The van der Waals surface area contributed by atoms with Gasteiger partial charge in [-0.2, -0.15) is 5.10 Å². The summed E-state index contributed by atoms with van der Waals surface area (Å²) in [6.07, 6.45) is 0.0979. The number of hydrogen-bond donors (Lipinski definition) is 3. The normalized spacial score (nSPS) is 21.8. The van der Waals surface area contributed by atoms with Crippen LogP contribution in [-0.2, 0) is 4.79 Å². The van der Waals surface area contributed by atoms with Gasteiger partial charge in [0.15, 0.2) is 6.29 Å². The van der Waals surface area contributed by atoms with Crippen LogP contribution in [0.5, 0.6) is 0 Å². The second-order valence-corrected chi connectivity index (χ2v) is 6.76. The highest BCUT2D eigenvalue weighted by Gasteiger charge is 2.34. The molecule has 1 aromatic carbocycles. The van der Waals surface area contributed by atoms with Gasteiger partial charge in [-0.3, -0.25) is 25.0 Å². The Morgan fingerprint density at radius 3 is 2.79 bits per heavy atom. The van der Waals surface area contributed by atoms with Crippen molar-refractivity contribution in [2.24, 2.45) is 5.92 Å². The van der Waals surface area contributed by atoms with Crippen molar-refractivity contribution in [1.82, 2.24) is 20.4 Å². The van der Waals surface area contributed by atoms with Gasteiger partial charge in [0.05, 0.1) is 16.5 Å². The highest BCUT2D eigenvalue weighted by Crippen LogP contribution is 2.22. The third kappa shape index (κ3) is 3.86. The fraction of sp³-hybridized carbons (Fsp3) is 0.389. The number of aromatic nitrogens is 2. The van der Waals surface area contributed by atoms with E-state index in [0.29, 0.717) is 17.9 Å². The predicted octanol–water partition coefficient (Wildman–Crippen LogP) is 1.94. The number of anilines is 1. The van der Waals surface area contributed by atoms with Crippen LogP contribution in [0.4, 0.5) is 11.5 Å². The van der Waals surface area contributed by atoms with Crippen LogP contribution in [0.1, 0.15) is 42.6 Å². The maximum Gasteiger partial charge on any atom is 0.270 e. The van der Waals surface area contributed by atoms with Crippen molar-refractivity contribution in [3.63, 3.8) is 0 Å². The summed E-state index contributed by atoms with van der Waals surface area (Å²) in [6.45, 7) is 5.64. The Kier molecular flexibility index (Phi) is 5.41. The summed E-state index contributed by atoms with van der Waals surface area (Å²) in [7, 11) is 0. The summed E-state index contributed by atoms with van der Waals surface area (Å²) in [4.78, 5) is 35.3. The molecule has 2 amide bonds. The van der Waals surface area contributed by atoms with Crippen molar-refractivity contribution in [2.45, 2.75) is 39.5 Å². The number of carbonyl (C=O) groups is 2. The Balaban J connectivity index is 1.83. The highest BCUT2D eigenvalue weighted by molar-refractivity contribution is 6.04. The van der Waals surface area contributed by atoms with Crippen LogP contribution in [0.2, 0.25) is 0 Å². The zero-order valence-electron chi connectivity index (χ0n) is 15.8. The fourth-order valence-electron chi connectivity index (χ4n) is 3.30. The van der Waals surface area contributed by atoms with E-state index in [2.05, 4.69) is 21.0 Å². The van der Waals surface area contributed by atoms with Crippen LogP contribution in [0.25, 0.3) is 0 Å².